The van der Waals surface area contributed by atoms with Crippen LogP contribution in [0, 0.1) is 20.8 Å². The van der Waals surface area contributed by atoms with Crippen LogP contribution in [0.1, 0.15) is 29.5 Å². The molecule has 2 amide bonds. The number of carbonyl (C=O) groups is 2. The Labute approximate surface area is 177 Å². The van der Waals surface area contributed by atoms with E-state index in [4.69, 9.17) is 0 Å². The lowest BCUT2D eigenvalue weighted by Crippen LogP contribution is -2.45. The summed E-state index contributed by atoms with van der Waals surface area (Å²) >= 11 is 0. The third kappa shape index (κ3) is 4.71. The lowest BCUT2D eigenvalue weighted by atomic mass is 10.2. The van der Waals surface area contributed by atoms with Crippen molar-refractivity contribution < 1.29 is 18.0 Å². The first-order valence-electron chi connectivity index (χ1n) is 9.94. The number of sulfonamides is 1. The van der Waals surface area contributed by atoms with Gasteiger partial charge in [-0.2, -0.15) is 4.31 Å². The fourth-order valence-electron chi connectivity index (χ4n) is 3.62. The van der Waals surface area contributed by atoms with Gasteiger partial charge in [0.05, 0.1) is 4.90 Å². The van der Waals surface area contributed by atoms with Gasteiger partial charge in [0.2, 0.25) is 10.0 Å². The van der Waals surface area contributed by atoms with Crippen LogP contribution in [0.2, 0.25) is 0 Å². The van der Waals surface area contributed by atoms with E-state index in [0.717, 1.165) is 11.1 Å². The molecule has 0 saturated carbocycles. The molecule has 1 saturated heterocycles. The van der Waals surface area contributed by atoms with Gasteiger partial charge in [-0.15, -0.1) is 0 Å². The summed E-state index contributed by atoms with van der Waals surface area (Å²) in [5, 5.41) is 5.17. The second-order valence-electron chi connectivity index (χ2n) is 7.66. The number of nitrogens with one attached hydrogen (secondary N) is 2. The summed E-state index contributed by atoms with van der Waals surface area (Å²) in [7, 11) is -3.68. The standard InChI is InChI=1S/C22H27N3O4S/c1-15-10-11-17(3)20(13-15)30(28,29)25-12-6-8-18(25)14-23-21(26)22(27)24-19-9-5-4-7-16(19)2/h4-5,7,9-11,13,18H,6,8,12,14H2,1-3H3,(H,23,26)(H,24,27). The fourth-order valence-corrected chi connectivity index (χ4v) is 5.63. The van der Waals surface area contributed by atoms with Crippen LogP contribution in [0.4, 0.5) is 5.69 Å². The quantitative estimate of drug-likeness (QED) is 0.714. The molecular weight excluding hydrogens is 402 g/mol. The highest BCUT2D eigenvalue weighted by Crippen LogP contribution is 2.28. The third-order valence-corrected chi connectivity index (χ3v) is 7.44. The topological polar surface area (TPSA) is 95.6 Å². The molecule has 0 spiro atoms. The molecule has 2 N–H and O–H groups in total. The first kappa shape index (κ1) is 22.0. The molecule has 160 valence electrons. The second kappa shape index (κ2) is 8.97. The van der Waals surface area contributed by atoms with Crippen molar-refractivity contribution in [1.82, 2.24) is 9.62 Å². The van der Waals surface area contributed by atoms with Crippen LogP contribution < -0.4 is 10.6 Å². The number of aryl methyl sites for hydroxylation is 3. The smallest absolute Gasteiger partial charge is 0.313 e. The predicted molar refractivity (Wildman–Crippen MR) is 116 cm³/mol. The first-order chi connectivity index (χ1) is 14.2. The Bertz CT molecular complexity index is 1070. The maximum atomic E-state index is 13.2. The van der Waals surface area contributed by atoms with Gasteiger partial charge < -0.3 is 10.6 Å². The minimum Gasteiger partial charge on any atom is -0.346 e. The van der Waals surface area contributed by atoms with E-state index in [-0.39, 0.29) is 17.5 Å². The number of anilines is 1. The molecule has 30 heavy (non-hydrogen) atoms. The molecule has 7 nitrogen and oxygen atoms in total. The van der Waals surface area contributed by atoms with Crippen molar-refractivity contribution in [3.8, 4) is 0 Å². The molecule has 1 fully saturated rings. The monoisotopic (exact) mass is 429 g/mol. The molecule has 3 rings (SSSR count). The summed E-state index contributed by atoms with van der Waals surface area (Å²) in [6.07, 6.45) is 1.34. The average Bonchev–Trinajstić information content (AvgIpc) is 3.19. The zero-order valence-corrected chi connectivity index (χ0v) is 18.3. The zero-order chi connectivity index (χ0) is 21.9. The predicted octanol–water partition coefficient (Wildman–Crippen LogP) is 2.52. The summed E-state index contributed by atoms with van der Waals surface area (Å²) in [5.41, 5.74) is 2.97. The lowest BCUT2D eigenvalue weighted by Gasteiger charge is -2.25. The van der Waals surface area contributed by atoms with E-state index >= 15 is 0 Å². The summed E-state index contributed by atoms with van der Waals surface area (Å²) in [6.45, 7) is 5.94. The van der Waals surface area contributed by atoms with E-state index in [0.29, 0.717) is 30.6 Å². The highest BCUT2D eigenvalue weighted by Gasteiger charge is 2.36. The van der Waals surface area contributed by atoms with Gasteiger partial charge in [0.25, 0.3) is 0 Å². The van der Waals surface area contributed by atoms with Gasteiger partial charge in [-0.3, -0.25) is 9.59 Å². The summed E-state index contributed by atoms with van der Waals surface area (Å²) in [4.78, 5) is 24.7. The number of hydrogen-bond acceptors (Lipinski definition) is 4. The summed E-state index contributed by atoms with van der Waals surface area (Å²) in [5.74, 6) is -1.56. The zero-order valence-electron chi connectivity index (χ0n) is 17.4. The molecule has 8 heteroatoms. The van der Waals surface area contributed by atoms with Crippen LogP contribution in [0.5, 0.6) is 0 Å². The lowest BCUT2D eigenvalue weighted by molar-refractivity contribution is -0.136. The Hall–Kier alpha value is -2.71. The summed E-state index contributed by atoms with van der Waals surface area (Å²) in [6, 6.07) is 12.1. The molecule has 0 aromatic heterocycles. The Morgan fingerprint density at radius 2 is 1.77 bits per heavy atom. The molecule has 0 bridgehead atoms. The van der Waals surface area contributed by atoms with Crippen LogP contribution in [0.3, 0.4) is 0 Å². The number of nitrogens with zero attached hydrogens (tertiary/aromatic N) is 1. The van der Waals surface area contributed by atoms with E-state index in [1.54, 1.807) is 31.2 Å². The Morgan fingerprint density at radius 1 is 1.03 bits per heavy atom. The van der Waals surface area contributed by atoms with Gasteiger partial charge in [-0.25, -0.2) is 8.42 Å². The maximum absolute atomic E-state index is 13.2. The highest BCUT2D eigenvalue weighted by molar-refractivity contribution is 7.89. The third-order valence-electron chi connectivity index (χ3n) is 5.35. The van der Waals surface area contributed by atoms with E-state index in [1.165, 1.54) is 4.31 Å². The molecule has 1 aliphatic heterocycles. The van der Waals surface area contributed by atoms with Gasteiger partial charge in [0.1, 0.15) is 0 Å². The van der Waals surface area contributed by atoms with Crippen molar-refractivity contribution in [2.75, 3.05) is 18.4 Å². The fraction of sp³-hybridized carbons (Fsp3) is 0.364. The van der Waals surface area contributed by atoms with Crippen LogP contribution >= 0.6 is 0 Å². The molecule has 1 aliphatic rings. The highest BCUT2D eigenvalue weighted by atomic mass is 32.2. The van der Waals surface area contributed by atoms with Crippen molar-refractivity contribution in [3.63, 3.8) is 0 Å². The minimum absolute atomic E-state index is 0.0874. The van der Waals surface area contributed by atoms with E-state index < -0.39 is 21.8 Å². The molecule has 2 aromatic rings. The molecule has 1 atom stereocenters. The average molecular weight is 430 g/mol. The number of para-hydroxylation sites is 1. The Balaban J connectivity index is 1.66. The summed E-state index contributed by atoms with van der Waals surface area (Å²) < 4.78 is 27.9. The van der Waals surface area contributed by atoms with Gasteiger partial charge in [0, 0.05) is 24.8 Å². The van der Waals surface area contributed by atoms with Crippen LogP contribution in [-0.4, -0.2) is 43.7 Å². The number of carbonyl (C=O) groups excluding carboxylic acids is 2. The van der Waals surface area contributed by atoms with Crippen molar-refractivity contribution >= 4 is 27.5 Å². The van der Waals surface area contributed by atoms with Crippen molar-refractivity contribution in [1.29, 1.82) is 0 Å². The van der Waals surface area contributed by atoms with Crippen LogP contribution in [-0.2, 0) is 19.6 Å². The molecule has 0 aliphatic carbocycles. The molecular formula is C22H27N3O4S. The number of hydrogen-bond donors (Lipinski definition) is 2. The number of amides is 2. The molecule has 0 radical (unpaired) electrons. The normalized spacial score (nSPS) is 17.0. The van der Waals surface area contributed by atoms with E-state index in [2.05, 4.69) is 10.6 Å². The van der Waals surface area contributed by atoms with E-state index in [1.807, 2.05) is 32.0 Å². The minimum atomic E-state index is -3.68. The van der Waals surface area contributed by atoms with Gasteiger partial charge in [-0.05, 0) is 62.4 Å². The Kier molecular flexibility index (Phi) is 6.58. The van der Waals surface area contributed by atoms with Gasteiger partial charge >= 0.3 is 11.8 Å². The molecule has 1 unspecified atom stereocenters. The van der Waals surface area contributed by atoms with Gasteiger partial charge in [-0.1, -0.05) is 30.3 Å². The van der Waals surface area contributed by atoms with Crippen LogP contribution in [0.25, 0.3) is 0 Å². The maximum Gasteiger partial charge on any atom is 0.313 e. The molecule has 2 aromatic carbocycles. The SMILES string of the molecule is Cc1ccc(C)c(S(=O)(=O)N2CCCC2CNC(=O)C(=O)Nc2ccccc2C)c1. The molecule has 1 heterocycles. The first-order valence-corrected chi connectivity index (χ1v) is 11.4. The van der Waals surface area contributed by atoms with E-state index in [9.17, 15) is 18.0 Å². The van der Waals surface area contributed by atoms with Gasteiger partial charge in [0.15, 0.2) is 0 Å². The van der Waals surface area contributed by atoms with Crippen molar-refractivity contribution in [2.24, 2.45) is 0 Å². The number of rotatable bonds is 5. The second-order valence-corrected chi connectivity index (χ2v) is 9.52. The van der Waals surface area contributed by atoms with Crippen molar-refractivity contribution in [3.05, 3.63) is 59.2 Å². The Morgan fingerprint density at radius 3 is 2.50 bits per heavy atom. The van der Waals surface area contributed by atoms with Crippen LogP contribution in [0.15, 0.2) is 47.4 Å². The number of benzene rings is 2. The largest absolute Gasteiger partial charge is 0.346 e. The van der Waals surface area contributed by atoms with Crippen molar-refractivity contribution in [2.45, 2.75) is 44.6 Å².